The first-order valence-corrected chi connectivity index (χ1v) is 6.17. The molecule has 1 heterocycles. The van der Waals surface area contributed by atoms with Crippen molar-refractivity contribution in [3.05, 3.63) is 29.1 Å². The molecule has 18 heavy (non-hydrogen) atoms. The van der Waals surface area contributed by atoms with Gasteiger partial charge in [-0.1, -0.05) is 4.49 Å². The highest BCUT2D eigenvalue weighted by Gasteiger charge is 2.18. The Morgan fingerprint density at radius 3 is 2.67 bits per heavy atom. The highest BCUT2D eigenvalue weighted by atomic mass is 32.1. The monoisotopic (exact) mass is 264 g/mol. The molecule has 1 aromatic carbocycles. The van der Waals surface area contributed by atoms with Crippen LogP contribution < -0.4 is 4.74 Å². The standard InChI is InChI=1S/C12H12N2O3S/c1-3-17-12(15)11-10(13-14-18-11)8-4-6-9(16-2)7-5-8/h4-7H,3H2,1-2H3. The molecule has 0 N–H and O–H groups in total. The van der Waals surface area contributed by atoms with E-state index in [0.717, 1.165) is 22.8 Å². The minimum Gasteiger partial charge on any atom is -0.497 e. The van der Waals surface area contributed by atoms with Crippen molar-refractivity contribution in [2.45, 2.75) is 6.92 Å². The van der Waals surface area contributed by atoms with E-state index in [1.807, 2.05) is 24.3 Å². The van der Waals surface area contributed by atoms with Gasteiger partial charge in [0.1, 0.15) is 11.4 Å². The van der Waals surface area contributed by atoms with Crippen LogP contribution >= 0.6 is 11.5 Å². The molecule has 0 aliphatic heterocycles. The van der Waals surface area contributed by atoms with Gasteiger partial charge in [-0.25, -0.2) is 4.79 Å². The van der Waals surface area contributed by atoms with Gasteiger partial charge in [-0.2, -0.15) is 0 Å². The van der Waals surface area contributed by atoms with Crippen LogP contribution in [-0.2, 0) is 4.74 Å². The van der Waals surface area contributed by atoms with Crippen LogP contribution in [0.25, 0.3) is 11.3 Å². The summed E-state index contributed by atoms with van der Waals surface area (Å²) < 4.78 is 13.8. The maximum absolute atomic E-state index is 11.7. The first-order valence-electron chi connectivity index (χ1n) is 5.40. The fraction of sp³-hybridized carbons (Fsp3) is 0.250. The van der Waals surface area contributed by atoms with Gasteiger partial charge in [0.15, 0.2) is 4.88 Å². The van der Waals surface area contributed by atoms with Crippen LogP contribution in [0.5, 0.6) is 5.75 Å². The molecule has 6 heteroatoms. The molecule has 0 saturated carbocycles. The SMILES string of the molecule is CCOC(=O)c1snnc1-c1ccc(OC)cc1. The second-order valence-corrected chi connectivity index (χ2v) is 4.15. The summed E-state index contributed by atoms with van der Waals surface area (Å²) in [7, 11) is 1.60. The molecule has 94 valence electrons. The van der Waals surface area contributed by atoms with E-state index in [-0.39, 0.29) is 0 Å². The minimum atomic E-state index is -0.390. The Bertz CT molecular complexity index is 537. The lowest BCUT2D eigenvalue weighted by Gasteiger charge is -2.03. The fourth-order valence-electron chi connectivity index (χ4n) is 1.46. The predicted molar refractivity (Wildman–Crippen MR) is 67.9 cm³/mol. The first-order chi connectivity index (χ1) is 8.76. The van der Waals surface area contributed by atoms with E-state index in [0.29, 0.717) is 17.2 Å². The summed E-state index contributed by atoms with van der Waals surface area (Å²) in [5.74, 6) is 0.359. The lowest BCUT2D eigenvalue weighted by atomic mass is 10.1. The van der Waals surface area contributed by atoms with Crippen LogP contribution in [-0.4, -0.2) is 29.3 Å². The number of esters is 1. The molecule has 0 spiro atoms. The van der Waals surface area contributed by atoms with Gasteiger partial charge in [0.25, 0.3) is 0 Å². The molecule has 0 aliphatic carbocycles. The molecule has 5 nitrogen and oxygen atoms in total. The average molecular weight is 264 g/mol. The van der Waals surface area contributed by atoms with Gasteiger partial charge >= 0.3 is 5.97 Å². The van der Waals surface area contributed by atoms with Gasteiger partial charge in [0.2, 0.25) is 0 Å². The Hall–Kier alpha value is -1.95. The Kier molecular flexibility index (Phi) is 3.88. The number of aromatic nitrogens is 2. The molecule has 2 aromatic rings. The molecule has 0 unspecified atom stereocenters. The van der Waals surface area contributed by atoms with E-state index >= 15 is 0 Å². The third-order valence-corrected chi connectivity index (χ3v) is 3.02. The van der Waals surface area contributed by atoms with E-state index in [1.54, 1.807) is 14.0 Å². The first kappa shape index (κ1) is 12.5. The van der Waals surface area contributed by atoms with E-state index in [4.69, 9.17) is 9.47 Å². The second kappa shape index (κ2) is 5.59. The molecule has 0 bridgehead atoms. The highest BCUT2D eigenvalue weighted by molar-refractivity contribution is 7.08. The van der Waals surface area contributed by atoms with Crippen molar-refractivity contribution in [2.75, 3.05) is 13.7 Å². The van der Waals surface area contributed by atoms with E-state index in [1.165, 1.54) is 0 Å². The Morgan fingerprint density at radius 2 is 2.06 bits per heavy atom. The van der Waals surface area contributed by atoms with Crippen molar-refractivity contribution in [2.24, 2.45) is 0 Å². The maximum atomic E-state index is 11.7. The number of hydrogen-bond acceptors (Lipinski definition) is 6. The normalized spacial score (nSPS) is 10.1. The number of methoxy groups -OCH3 is 1. The van der Waals surface area contributed by atoms with Gasteiger partial charge in [-0.3, -0.25) is 0 Å². The number of ether oxygens (including phenoxy) is 2. The van der Waals surface area contributed by atoms with Crippen molar-refractivity contribution in [3.8, 4) is 17.0 Å². The summed E-state index contributed by atoms with van der Waals surface area (Å²) in [6.45, 7) is 2.10. The van der Waals surface area contributed by atoms with Crippen LogP contribution in [0, 0.1) is 0 Å². The predicted octanol–water partition coefficient (Wildman–Crippen LogP) is 2.39. The third-order valence-electron chi connectivity index (χ3n) is 2.31. The third kappa shape index (κ3) is 2.48. The molecule has 0 saturated heterocycles. The average Bonchev–Trinajstić information content (AvgIpc) is 2.88. The topological polar surface area (TPSA) is 61.3 Å². The van der Waals surface area contributed by atoms with E-state index < -0.39 is 5.97 Å². The molecular formula is C12H12N2O3S. The molecule has 0 atom stereocenters. The Balaban J connectivity index is 2.32. The summed E-state index contributed by atoms with van der Waals surface area (Å²) in [4.78, 5) is 12.1. The Labute approximate surface area is 109 Å². The van der Waals surface area contributed by atoms with E-state index in [2.05, 4.69) is 9.59 Å². The number of nitrogens with zero attached hydrogens (tertiary/aromatic N) is 2. The number of hydrogen-bond donors (Lipinski definition) is 0. The maximum Gasteiger partial charge on any atom is 0.352 e. The molecule has 0 aliphatic rings. The zero-order valence-corrected chi connectivity index (χ0v) is 10.9. The highest BCUT2D eigenvalue weighted by Crippen LogP contribution is 2.26. The summed E-state index contributed by atoms with van der Waals surface area (Å²) in [5.41, 5.74) is 1.36. The van der Waals surface area contributed by atoms with Gasteiger partial charge < -0.3 is 9.47 Å². The summed E-state index contributed by atoms with van der Waals surface area (Å²) >= 11 is 1.04. The van der Waals surface area contributed by atoms with Gasteiger partial charge in [0, 0.05) is 5.56 Å². The molecule has 0 radical (unpaired) electrons. The Morgan fingerprint density at radius 1 is 1.33 bits per heavy atom. The largest absolute Gasteiger partial charge is 0.497 e. The molecule has 0 fully saturated rings. The number of carbonyl (C=O) groups is 1. The zero-order chi connectivity index (χ0) is 13.0. The van der Waals surface area contributed by atoms with Crippen LogP contribution in [0.15, 0.2) is 24.3 Å². The molecule has 0 amide bonds. The van der Waals surface area contributed by atoms with Crippen molar-refractivity contribution in [3.63, 3.8) is 0 Å². The summed E-state index contributed by atoms with van der Waals surface area (Å²) in [6, 6.07) is 7.28. The zero-order valence-electron chi connectivity index (χ0n) is 10.0. The second-order valence-electron chi connectivity index (χ2n) is 3.40. The molecule has 1 aromatic heterocycles. The van der Waals surface area contributed by atoms with Gasteiger partial charge in [-0.15, -0.1) is 5.10 Å². The van der Waals surface area contributed by atoms with E-state index in [9.17, 15) is 4.79 Å². The smallest absolute Gasteiger partial charge is 0.352 e. The van der Waals surface area contributed by atoms with Crippen LogP contribution in [0.4, 0.5) is 0 Å². The molecule has 2 rings (SSSR count). The number of carbonyl (C=O) groups excluding carboxylic acids is 1. The van der Waals surface area contributed by atoms with Crippen LogP contribution in [0.2, 0.25) is 0 Å². The minimum absolute atomic E-state index is 0.332. The van der Waals surface area contributed by atoms with Crippen molar-refractivity contribution in [1.29, 1.82) is 0 Å². The van der Waals surface area contributed by atoms with Gasteiger partial charge in [-0.05, 0) is 42.7 Å². The van der Waals surface area contributed by atoms with Crippen LogP contribution in [0.1, 0.15) is 16.6 Å². The lowest BCUT2D eigenvalue weighted by Crippen LogP contribution is -2.03. The van der Waals surface area contributed by atoms with Crippen molar-refractivity contribution >= 4 is 17.5 Å². The quantitative estimate of drug-likeness (QED) is 0.793. The number of rotatable bonds is 4. The van der Waals surface area contributed by atoms with Crippen molar-refractivity contribution in [1.82, 2.24) is 9.59 Å². The summed E-state index contributed by atoms with van der Waals surface area (Å²) in [5, 5.41) is 3.97. The lowest BCUT2D eigenvalue weighted by molar-refractivity contribution is 0.0532. The van der Waals surface area contributed by atoms with Crippen molar-refractivity contribution < 1.29 is 14.3 Å². The summed E-state index contributed by atoms with van der Waals surface area (Å²) in [6.07, 6.45) is 0. The van der Waals surface area contributed by atoms with Crippen LogP contribution in [0.3, 0.4) is 0 Å². The van der Waals surface area contributed by atoms with Gasteiger partial charge in [0.05, 0.1) is 13.7 Å². The molecular weight excluding hydrogens is 252 g/mol. The number of benzene rings is 1. The fourth-order valence-corrected chi connectivity index (χ4v) is 2.04.